The summed E-state index contributed by atoms with van der Waals surface area (Å²) in [6.07, 6.45) is 5.60. The molecule has 0 unspecified atom stereocenters. The zero-order valence-electron chi connectivity index (χ0n) is 8.72. The van der Waals surface area contributed by atoms with Crippen molar-refractivity contribution in [3.63, 3.8) is 0 Å². The summed E-state index contributed by atoms with van der Waals surface area (Å²) in [6.45, 7) is 0. The summed E-state index contributed by atoms with van der Waals surface area (Å²) in [5, 5.41) is 0. The summed E-state index contributed by atoms with van der Waals surface area (Å²) in [6, 6.07) is 3.61. The van der Waals surface area contributed by atoms with Crippen molar-refractivity contribution in [2.24, 2.45) is 0 Å². The minimum atomic E-state index is -0.535. The second kappa shape index (κ2) is 3.76. The predicted molar refractivity (Wildman–Crippen MR) is 57.6 cm³/mol. The highest BCUT2D eigenvalue weighted by Gasteiger charge is 2.51. The minimum absolute atomic E-state index is 0.181. The molecule has 4 heteroatoms. The Bertz CT molecular complexity index is 355. The molecule has 82 valence electrons. The maximum absolute atomic E-state index is 13.0. The van der Waals surface area contributed by atoms with E-state index in [1.54, 1.807) is 0 Å². The van der Waals surface area contributed by atoms with Crippen molar-refractivity contribution >= 4 is 11.2 Å². The predicted octanol–water partition coefficient (Wildman–Crippen LogP) is 2.76. The van der Waals surface area contributed by atoms with E-state index in [2.05, 4.69) is 0 Å². The topological polar surface area (TPSA) is 9.23 Å². The third-order valence-electron chi connectivity index (χ3n) is 2.42. The summed E-state index contributed by atoms with van der Waals surface area (Å²) in [4.78, 5) is 0. The van der Waals surface area contributed by atoms with Crippen LogP contribution in [0.15, 0.2) is 18.2 Å². The van der Waals surface area contributed by atoms with Gasteiger partial charge in [-0.1, -0.05) is 0 Å². The van der Waals surface area contributed by atoms with Crippen LogP contribution in [0.2, 0.25) is 0 Å². The number of hydrogen-bond donors (Lipinski definition) is 0. The van der Waals surface area contributed by atoms with Gasteiger partial charge >= 0.3 is 0 Å². The first-order valence-electron chi connectivity index (χ1n) is 4.75. The highest BCUT2D eigenvalue weighted by Crippen LogP contribution is 2.50. The molecule has 15 heavy (non-hydrogen) atoms. The van der Waals surface area contributed by atoms with Crippen molar-refractivity contribution in [1.29, 1.82) is 0 Å². The smallest absolute Gasteiger partial charge is 0.150 e. The third-order valence-corrected chi connectivity index (χ3v) is 3.07. The van der Waals surface area contributed by atoms with Gasteiger partial charge in [0.1, 0.15) is 40.9 Å². The average molecular weight is 231 g/mol. The van der Waals surface area contributed by atoms with Crippen molar-refractivity contribution in [2.75, 3.05) is 12.5 Å². The zero-order chi connectivity index (χ0) is 11.1. The monoisotopic (exact) mass is 231 g/mol. The molecule has 0 bridgehead atoms. The van der Waals surface area contributed by atoms with Crippen LogP contribution in [-0.2, 0) is 21.0 Å². The van der Waals surface area contributed by atoms with E-state index in [-0.39, 0.29) is 11.2 Å². The summed E-state index contributed by atoms with van der Waals surface area (Å²) < 4.78 is 31.8. The minimum Gasteiger partial charge on any atom is -0.207 e. The molecule has 0 spiro atoms. The second-order valence-corrected chi connectivity index (χ2v) is 5.63. The van der Waals surface area contributed by atoms with Crippen LogP contribution >= 0.6 is 0 Å². The van der Waals surface area contributed by atoms with Crippen LogP contribution in [0.4, 0.5) is 8.78 Å². The van der Waals surface area contributed by atoms with Gasteiger partial charge in [-0.15, -0.1) is 0 Å². The van der Waals surface area contributed by atoms with Gasteiger partial charge in [0.2, 0.25) is 0 Å². The third kappa shape index (κ3) is 2.32. The van der Waals surface area contributed by atoms with Crippen molar-refractivity contribution in [3.05, 3.63) is 35.4 Å². The quantitative estimate of drug-likeness (QED) is 0.727. The van der Waals surface area contributed by atoms with E-state index in [1.165, 1.54) is 12.1 Å². The van der Waals surface area contributed by atoms with Crippen molar-refractivity contribution in [2.45, 2.75) is 18.4 Å². The molecule has 1 aromatic carbocycles. The molecule has 0 amide bonds. The lowest BCUT2D eigenvalue weighted by Gasteiger charge is -2.12. The van der Waals surface area contributed by atoms with Gasteiger partial charge in [-0.05, 0) is 30.5 Å². The summed E-state index contributed by atoms with van der Waals surface area (Å²) in [5.74, 6) is -1.07. The lowest BCUT2D eigenvalue weighted by atomic mass is 10.1. The van der Waals surface area contributed by atoms with Crippen molar-refractivity contribution < 1.29 is 13.0 Å². The fourth-order valence-electron chi connectivity index (χ4n) is 1.67. The molecule has 0 aromatic heterocycles. The van der Waals surface area contributed by atoms with Crippen molar-refractivity contribution in [3.8, 4) is 0 Å². The molecule has 0 saturated heterocycles. The van der Waals surface area contributed by atoms with Crippen molar-refractivity contribution in [1.82, 2.24) is 0 Å². The molecule has 0 atom stereocenters. The molecule has 2 rings (SSSR count). The number of hydrogen-bond acceptors (Lipinski definition) is 1. The molecule has 1 nitrogen and oxygen atoms in total. The second-order valence-electron chi connectivity index (χ2n) is 3.98. The van der Waals surface area contributed by atoms with Gasteiger partial charge in [0, 0.05) is 6.07 Å². The molecular formula is C11H13F2OS+. The van der Waals surface area contributed by atoms with Gasteiger partial charge in [-0.3, -0.25) is 0 Å². The largest absolute Gasteiger partial charge is 0.207 e. The Labute approximate surface area is 91.0 Å². The van der Waals surface area contributed by atoms with Gasteiger partial charge in [-0.25, -0.2) is 8.78 Å². The maximum atomic E-state index is 13.0. The van der Waals surface area contributed by atoms with E-state index in [0.29, 0.717) is 5.56 Å². The Hall–Kier alpha value is -0.610. The van der Waals surface area contributed by atoms with Gasteiger partial charge in [0.05, 0.1) is 0 Å². The standard InChI is InChI=1S/C11H13F2OS/c1-15(2)14-11(3-4-11)8-5-9(12)7-10(13)6-8/h5-7H,3-4H2,1-2H3/q+1. The highest BCUT2D eigenvalue weighted by atomic mass is 32.2. The molecule has 0 heterocycles. The number of rotatable bonds is 3. The first-order chi connectivity index (χ1) is 7.02. The molecule has 0 radical (unpaired) electrons. The van der Waals surface area contributed by atoms with Crippen LogP contribution < -0.4 is 0 Å². The van der Waals surface area contributed by atoms with Crippen LogP contribution in [0.1, 0.15) is 18.4 Å². The van der Waals surface area contributed by atoms with Gasteiger partial charge in [0.15, 0.2) is 0 Å². The summed E-state index contributed by atoms with van der Waals surface area (Å²) >= 11 is -0.181. The fourth-order valence-corrected chi connectivity index (χ4v) is 2.57. The van der Waals surface area contributed by atoms with Crippen LogP contribution in [0.5, 0.6) is 0 Å². The molecule has 1 aliphatic carbocycles. The van der Waals surface area contributed by atoms with E-state index >= 15 is 0 Å². The van der Waals surface area contributed by atoms with E-state index in [4.69, 9.17) is 4.18 Å². The van der Waals surface area contributed by atoms with E-state index in [1.807, 2.05) is 12.5 Å². The fraction of sp³-hybridized carbons (Fsp3) is 0.455. The molecular weight excluding hydrogens is 218 g/mol. The Morgan fingerprint density at radius 1 is 1.13 bits per heavy atom. The van der Waals surface area contributed by atoms with Gasteiger partial charge < -0.3 is 0 Å². The van der Waals surface area contributed by atoms with Crippen LogP contribution in [0, 0.1) is 11.6 Å². The SMILES string of the molecule is C[S+](C)OC1(c2cc(F)cc(F)c2)CC1. The highest BCUT2D eigenvalue weighted by molar-refractivity contribution is 7.90. The van der Waals surface area contributed by atoms with E-state index in [0.717, 1.165) is 18.9 Å². The summed E-state index contributed by atoms with van der Waals surface area (Å²) in [5.41, 5.74) is 0.205. The van der Waals surface area contributed by atoms with E-state index < -0.39 is 17.2 Å². The Kier molecular flexibility index (Phi) is 2.73. The molecule has 1 aromatic rings. The first-order valence-corrected chi connectivity index (χ1v) is 6.72. The molecule has 1 aliphatic rings. The zero-order valence-corrected chi connectivity index (χ0v) is 9.54. The van der Waals surface area contributed by atoms with Crippen LogP contribution in [0.25, 0.3) is 0 Å². The van der Waals surface area contributed by atoms with Crippen LogP contribution in [-0.4, -0.2) is 12.5 Å². The molecule has 0 aliphatic heterocycles. The Balaban J connectivity index is 2.29. The number of halogens is 2. The molecule has 0 N–H and O–H groups in total. The average Bonchev–Trinajstić information content (AvgIpc) is 2.82. The van der Waals surface area contributed by atoms with Crippen LogP contribution in [0.3, 0.4) is 0 Å². The molecule has 1 fully saturated rings. The van der Waals surface area contributed by atoms with E-state index in [9.17, 15) is 8.78 Å². The molecule has 1 saturated carbocycles. The van der Waals surface area contributed by atoms with Gasteiger partial charge in [-0.2, -0.15) is 4.18 Å². The lowest BCUT2D eigenvalue weighted by Crippen LogP contribution is -2.16. The number of benzene rings is 1. The lowest BCUT2D eigenvalue weighted by molar-refractivity contribution is 0.214. The normalized spacial score (nSPS) is 18.2. The Morgan fingerprint density at radius 2 is 1.67 bits per heavy atom. The first kappa shape index (κ1) is 10.9. The maximum Gasteiger partial charge on any atom is 0.150 e. The van der Waals surface area contributed by atoms with Gasteiger partial charge in [0.25, 0.3) is 0 Å². The summed E-state index contributed by atoms with van der Waals surface area (Å²) in [7, 11) is 0. The Morgan fingerprint density at radius 3 is 2.07 bits per heavy atom.